The van der Waals surface area contributed by atoms with Gasteiger partial charge in [0.1, 0.15) is 5.69 Å². The average molecular weight is 342 g/mol. The molecule has 3 N–H and O–H groups in total. The number of likely N-dealkylation sites (tertiary alicyclic amines) is 1. The van der Waals surface area contributed by atoms with Crippen LogP contribution in [0, 0.1) is 11.8 Å². The standard InChI is InChI=1S/C19H26N4O2/c1-12-6-7-23(11-13(2)8-12)19(25)21-15-4-5-16-14(9-15)10-17(22-16)18(24)20-3/h4-5,9-10,12-13,22H,6-8,11H2,1-3H3,(H,20,24)(H,21,25)/t12-,13+/m0/s1. The molecule has 134 valence electrons. The number of hydrogen-bond acceptors (Lipinski definition) is 2. The van der Waals surface area contributed by atoms with Crippen LogP contribution < -0.4 is 10.6 Å². The van der Waals surface area contributed by atoms with E-state index >= 15 is 0 Å². The van der Waals surface area contributed by atoms with Gasteiger partial charge in [0.2, 0.25) is 0 Å². The number of aromatic nitrogens is 1. The molecule has 6 nitrogen and oxygen atoms in total. The largest absolute Gasteiger partial charge is 0.354 e. The first-order valence-corrected chi connectivity index (χ1v) is 8.87. The van der Waals surface area contributed by atoms with Crippen LogP contribution in [0.15, 0.2) is 24.3 Å². The summed E-state index contributed by atoms with van der Waals surface area (Å²) < 4.78 is 0. The SMILES string of the molecule is CNC(=O)c1cc2cc(NC(=O)N3CC[C@H](C)C[C@@H](C)C3)ccc2[nH]1. The Morgan fingerprint density at radius 2 is 2.00 bits per heavy atom. The molecule has 3 amide bonds. The lowest BCUT2D eigenvalue weighted by molar-refractivity contribution is 0.0959. The van der Waals surface area contributed by atoms with E-state index < -0.39 is 0 Å². The quantitative estimate of drug-likeness (QED) is 0.782. The third-order valence-corrected chi connectivity index (χ3v) is 4.86. The molecule has 6 heteroatoms. The first-order valence-electron chi connectivity index (χ1n) is 8.87. The van der Waals surface area contributed by atoms with Crippen LogP contribution >= 0.6 is 0 Å². The van der Waals surface area contributed by atoms with Crippen molar-refractivity contribution in [3.05, 3.63) is 30.0 Å². The van der Waals surface area contributed by atoms with E-state index in [2.05, 4.69) is 29.5 Å². The van der Waals surface area contributed by atoms with E-state index in [1.165, 1.54) is 6.42 Å². The Kier molecular flexibility index (Phi) is 4.97. The van der Waals surface area contributed by atoms with Gasteiger partial charge in [0.25, 0.3) is 5.91 Å². The molecule has 1 fully saturated rings. The lowest BCUT2D eigenvalue weighted by Crippen LogP contribution is -2.37. The zero-order chi connectivity index (χ0) is 18.0. The van der Waals surface area contributed by atoms with E-state index in [9.17, 15) is 9.59 Å². The number of fused-ring (bicyclic) bond motifs is 1. The molecule has 0 unspecified atom stereocenters. The van der Waals surface area contributed by atoms with Crippen LogP contribution in [-0.4, -0.2) is 42.0 Å². The molecule has 1 saturated heterocycles. The summed E-state index contributed by atoms with van der Waals surface area (Å²) in [5.41, 5.74) is 2.12. The molecule has 2 heterocycles. The minimum Gasteiger partial charge on any atom is -0.354 e. The number of anilines is 1. The number of aromatic amines is 1. The minimum absolute atomic E-state index is 0.0534. The van der Waals surface area contributed by atoms with Crippen molar-refractivity contribution >= 4 is 28.5 Å². The predicted octanol–water partition coefficient (Wildman–Crippen LogP) is 3.43. The molecule has 0 aliphatic carbocycles. The molecule has 2 aromatic rings. The van der Waals surface area contributed by atoms with Gasteiger partial charge < -0.3 is 20.5 Å². The van der Waals surface area contributed by atoms with Gasteiger partial charge in [-0.1, -0.05) is 13.8 Å². The number of carbonyl (C=O) groups excluding carboxylic acids is 2. The van der Waals surface area contributed by atoms with Gasteiger partial charge in [-0.05, 0) is 48.9 Å². The summed E-state index contributed by atoms with van der Waals surface area (Å²) in [5, 5.41) is 6.49. The smallest absolute Gasteiger partial charge is 0.321 e. The van der Waals surface area contributed by atoms with Crippen molar-refractivity contribution in [2.45, 2.75) is 26.7 Å². The number of H-pyrrole nitrogens is 1. The zero-order valence-electron chi connectivity index (χ0n) is 15.1. The highest BCUT2D eigenvalue weighted by atomic mass is 16.2. The Balaban J connectivity index is 1.73. The lowest BCUT2D eigenvalue weighted by atomic mass is 9.97. The van der Waals surface area contributed by atoms with Crippen molar-refractivity contribution in [1.82, 2.24) is 15.2 Å². The fourth-order valence-electron chi connectivity index (χ4n) is 3.58. The number of rotatable bonds is 2. The number of urea groups is 1. The number of nitrogens with zero attached hydrogens (tertiary/aromatic N) is 1. The highest BCUT2D eigenvalue weighted by Crippen LogP contribution is 2.23. The van der Waals surface area contributed by atoms with Crippen LogP contribution in [-0.2, 0) is 0 Å². The van der Waals surface area contributed by atoms with Gasteiger partial charge in [-0.2, -0.15) is 0 Å². The number of hydrogen-bond donors (Lipinski definition) is 3. The normalized spacial score (nSPS) is 21.0. The maximum Gasteiger partial charge on any atom is 0.321 e. The van der Waals surface area contributed by atoms with Crippen LogP contribution in [0.4, 0.5) is 10.5 Å². The number of benzene rings is 1. The Bertz CT molecular complexity index is 783. The Hall–Kier alpha value is -2.50. The molecule has 1 aliphatic heterocycles. The van der Waals surface area contributed by atoms with Crippen LogP contribution in [0.1, 0.15) is 37.2 Å². The topological polar surface area (TPSA) is 77.2 Å². The molecule has 2 atom stereocenters. The average Bonchev–Trinajstić information content (AvgIpc) is 2.92. The number of nitrogens with one attached hydrogen (secondary N) is 3. The lowest BCUT2D eigenvalue weighted by Gasteiger charge is -2.23. The number of carbonyl (C=O) groups is 2. The fraction of sp³-hybridized carbons (Fsp3) is 0.474. The van der Waals surface area contributed by atoms with Crippen LogP contribution in [0.5, 0.6) is 0 Å². The highest BCUT2D eigenvalue weighted by Gasteiger charge is 2.22. The van der Waals surface area contributed by atoms with Crippen molar-refractivity contribution in [3.63, 3.8) is 0 Å². The molecule has 1 aromatic carbocycles. The first kappa shape index (κ1) is 17.3. The van der Waals surface area contributed by atoms with E-state index in [0.29, 0.717) is 17.5 Å². The van der Waals surface area contributed by atoms with Crippen molar-refractivity contribution in [3.8, 4) is 0 Å². The van der Waals surface area contributed by atoms with E-state index in [1.807, 2.05) is 23.1 Å². The summed E-state index contributed by atoms with van der Waals surface area (Å²) in [4.78, 5) is 29.3. The fourth-order valence-corrected chi connectivity index (χ4v) is 3.58. The summed E-state index contributed by atoms with van der Waals surface area (Å²) >= 11 is 0. The first-order chi connectivity index (χ1) is 12.0. The van der Waals surface area contributed by atoms with Crippen LogP contribution in [0.2, 0.25) is 0 Å². The van der Waals surface area contributed by atoms with Gasteiger partial charge in [0.15, 0.2) is 0 Å². The molecule has 0 radical (unpaired) electrons. The molecule has 1 aliphatic rings. The third-order valence-electron chi connectivity index (χ3n) is 4.86. The Morgan fingerprint density at radius 1 is 1.20 bits per heavy atom. The second-order valence-electron chi connectivity index (χ2n) is 7.18. The van der Waals surface area contributed by atoms with Gasteiger partial charge in [-0.25, -0.2) is 4.79 Å². The minimum atomic E-state index is -0.158. The van der Waals surface area contributed by atoms with Gasteiger partial charge in [-0.3, -0.25) is 4.79 Å². The van der Waals surface area contributed by atoms with Gasteiger partial charge in [0, 0.05) is 36.7 Å². The van der Waals surface area contributed by atoms with Crippen LogP contribution in [0.3, 0.4) is 0 Å². The molecule has 3 rings (SSSR count). The van der Waals surface area contributed by atoms with Gasteiger partial charge in [0.05, 0.1) is 0 Å². The monoisotopic (exact) mass is 342 g/mol. The second-order valence-corrected chi connectivity index (χ2v) is 7.18. The molecule has 0 bridgehead atoms. The maximum atomic E-state index is 12.6. The van der Waals surface area contributed by atoms with Crippen LogP contribution in [0.25, 0.3) is 10.9 Å². The molecule has 0 spiro atoms. The summed E-state index contributed by atoms with van der Waals surface area (Å²) in [7, 11) is 1.60. The van der Waals surface area contributed by atoms with Crippen molar-refractivity contribution in [2.75, 3.05) is 25.5 Å². The summed E-state index contributed by atoms with van der Waals surface area (Å²) in [6.45, 7) is 6.05. The Morgan fingerprint density at radius 3 is 2.76 bits per heavy atom. The molecular weight excluding hydrogens is 316 g/mol. The van der Waals surface area contributed by atoms with E-state index in [0.717, 1.165) is 36.1 Å². The van der Waals surface area contributed by atoms with E-state index in [-0.39, 0.29) is 11.9 Å². The number of amides is 3. The van der Waals surface area contributed by atoms with Crippen molar-refractivity contribution in [1.29, 1.82) is 0 Å². The summed E-state index contributed by atoms with van der Waals surface area (Å²) in [6, 6.07) is 7.36. The van der Waals surface area contributed by atoms with E-state index in [1.54, 1.807) is 13.1 Å². The van der Waals surface area contributed by atoms with Gasteiger partial charge >= 0.3 is 6.03 Å². The predicted molar refractivity (Wildman–Crippen MR) is 99.8 cm³/mol. The van der Waals surface area contributed by atoms with Crippen molar-refractivity contribution in [2.24, 2.45) is 11.8 Å². The van der Waals surface area contributed by atoms with Crippen molar-refractivity contribution < 1.29 is 9.59 Å². The highest BCUT2D eigenvalue weighted by molar-refractivity contribution is 5.99. The molecule has 0 saturated carbocycles. The van der Waals surface area contributed by atoms with Gasteiger partial charge in [-0.15, -0.1) is 0 Å². The molecule has 1 aromatic heterocycles. The maximum absolute atomic E-state index is 12.6. The summed E-state index contributed by atoms with van der Waals surface area (Å²) in [5.74, 6) is 1.02. The second kappa shape index (κ2) is 7.17. The third kappa shape index (κ3) is 3.95. The summed E-state index contributed by atoms with van der Waals surface area (Å²) in [6.07, 6.45) is 2.21. The molecule has 25 heavy (non-hydrogen) atoms. The zero-order valence-corrected chi connectivity index (χ0v) is 15.1. The van der Waals surface area contributed by atoms with E-state index in [4.69, 9.17) is 0 Å². The Labute approximate surface area is 148 Å². The molecular formula is C19H26N4O2.